The topological polar surface area (TPSA) is 81.2 Å². The summed E-state index contributed by atoms with van der Waals surface area (Å²) in [5.74, 6) is -0.530. The SMILES string of the molecule is COC(=O)c1ccc(Cc2cc(C(F)(F)F)cc3[nH]c(=O)c(=O)n(C(C)C)c23)cc1. The van der Waals surface area contributed by atoms with Gasteiger partial charge in [-0.2, -0.15) is 13.2 Å². The standard InChI is InChI=1S/C21H19F3N2O4/c1-11(2)26-17-14(8-12-4-6-13(7-5-12)20(29)30-3)9-15(21(22,23)24)10-16(17)25-18(27)19(26)28/h4-7,9-11H,8H2,1-3H3,(H,25,27). The predicted molar refractivity (Wildman–Crippen MR) is 105 cm³/mol. The summed E-state index contributed by atoms with van der Waals surface area (Å²) in [6, 6.07) is 7.58. The monoisotopic (exact) mass is 420 g/mol. The van der Waals surface area contributed by atoms with Crippen LogP contribution < -0.4 is 11.1 Å². The Kier molecular flexibility index (Phi) is 5.56. The fourth-order valence-corrected chi connectivity index (χ4v) is 3.35. The van der Waals surface area contributed by atoms with Crippen LogP contribution >= 0.6 is 0 Å². The molecule has 0 aliphatic rings. The van der Waals surface area contributed by atoms with Gasteiger partial charge in [0, 0.05) is 6.04 Å². The summed E-state index contributed by atoms with van der Waals surface area (Å²) in [5.41, 5.74) is -1.42. The number of ether oxygens (including phenoxy) is 1. The van der Waals surface area contributed by atoms with Gasteiger partial charge in [-0.15, -0.1) is 0 Å². The molecule has 0 fully saturated rings. The number of carbonyl (C=O) groups excluding carboxylic acids is 1. The van der Waals surface area contributed by atoms with E-state index >= 15 is 0 Å². The Morgan fingerprint density at radius 2 is 1.77 bits per heavy atom. The molecule has 0 saturated carbocycles. The lowest BCUT2D eigenvalue weighted by Gasteiger charge is -2.19. The molecule has 3 rings (SSSR count). The Hall–Kier alpha value is -3.36. The highest BCUT2D eigenvalue weighted by molar-refractivity contribution is 5.89. The first kappa shape index (κ1) is 21.4. The molecule has 0 unspecified atom stereocenters. The van der Waals surface area contributed by atoms with E-state index in [4.69, 9.17) is 0 Å². The van der Waals surface area contributed by atoms with Crippen molar-refractivity contribution in [3.8, 4) is 0 Å². The van der Waals surface area contributed by atoms with E-state index in [1.54, 1.807) is 26.0 Å². The van der Waals surface area contributed by atoms with Crippen LogP contribution in [0.25, 0.3) is 11.0 Å². The molecule has 0 amide bonds. The van der Waals surface area contributed by atoms with Crippen molar-refractivity contribution in [1.29, 1.82) is 0 Å². The first-order valence-corrected chi connectivity index (χ1v) is 9.08. The van der Waals surface area contributed by atoms with Crippen LogP contribution in [0.4, 0.5) is 13.2 Å². The Morgan fingerprint density at radius 3 is 2.30 bits per heavy atom. The second-order valence-electron chi connectivity index (χ2n) is 7.12. The third-order valence-electron chi connectivity index (χ3n) is 4.70. The molecule has 3 aromatic rings. The van der Waals surface area contributed by atoms with Crippen LogP contribution in [0.5, 0.6) is 0 Å². The number of nitrogens with zero attached hydrogens (tertiary/aromatic N) is 1. The smallest absolute Gasteiger partial charge is 0.416 e. The van der Waals surface area contributed by atoms with E-state index in [-0.39, 0.29) is 23.0 Å². The van der Waals surface area contributed by atoms with Gasteiger partial charge in [-0.25, -0.2) is 4.79 Å². The largest absolute Gasteiger partial charge is 0.465 e. The van der Waals surface area contributed by atoms with E-state index in [9.17, 15) is 27.6 Å². The molecule has 0 radical (unpaired) electrons. The number of esters is 1. The van der Waals surface area contributed by atoms with E-state index in [1.165, 1.54) is 23.8 Å². The second kappa shape index (κ2) is 7.81. The van der Waals surface area contributed by atoms with Crippen molar-refractivity contribution in [2.24, 2.45) is 0 Å². The molecular formula is C21H19F3N2O4. The minimum absolute atomic E-state index is 0.0556. The Morgan fingerprint density at radius 1 is 1.13 bits per heavy atom. The zero-order valence-electron chi connectivity index (χ0n) is 16.5. The molecule has 0 bridgehead atoms. The number of fused-ring (bicyclic) bond motifs is 1. The molecular weight excluding hydrogens is 401 g/mol. The number of rotatable bonds is 4. The summed E-state index contributed by atoms with van der Waals surface area (Å²) in [6.45, 7) is 3.35. The molecule has 1 heterocycles. The van der Waals surface area contributed by atoms with Crippen molar-refractivity contribution in [2.75, 3.05) is 7.11 Å². The van der Waals surface area contributed by atoms with Gasteiger partial charge in [-0.3, -0.25) is 14.2 Å². The fourth-order valence-electron chi connectivity index (χ4n) is 3.35. The molecule has 0 spiro atoms. The number of methoxy groups -OCH3 is 1. The van der Waals surface area contributed by atoms with Crippen molar-refractivity contribution < 1.29 is 22.7 Å². The molecule has 0 aliphatic heterocycles. The summed E-state index contributed by atoms with van der Waals surface area (Å²) >= 11 is 0. The molecule has 30 heavy (non-hydrogen) atoms. The zero-order valence-corrected chi connectivity index (χ0v) is 16.5. The Balaban J connectivity index is 2.25. The number of hydrogen-bond acceptors (Lipinski definition) is 4. The van der Waals surface area contributed by atoms with Crippen LogP contribution in [-0.4, -0.2) is 22.6 Å². The Bertz CT molecular complexity index is 1220. The highest BCUT2D eigenvalue weighted by Crippen LogP contribution is 2.33. The number of nitrogens with one attached hydrogen (secondary N) is 1. The van der Waals surface area contributed by atoms with E-state index in [0.29, 0.717) is 11.1 Å². The van der Waals surface area contributed by atoms with Gasteiger partial charge in [-0.05, 0) is 55.7 Å². The molecule has 9 heteroatoms. The third-order valence-corrected chi connectivity index (χ3v) is 4.70. The second-order valence-corrected chi connectivity index (χ2v) is 7.12. The predicted octanol–water partition coefficient (Wildman–Crippen LogP) is 3.67. The average Bonchev–Trinajstić information content (AvgIpc) is 2.68. The number of aromatic amines is 1. The number of carbonyl (C=O) groups is 1. The average molecular weight is 420 g/mol. The number of hydrogen-bond donors (Lipinski definition) is 1. The van der Waals surface area contributed by atoms with Gasteiger partial charge in [0.25, 0.3) is 0 Å². The molecule has 2 aromatic carbocycles. The third kappa shape index (κ3) is 4.00. The van der Waals surface area contributed by atoms with Crippen LogP contribution in [0.1, 0.15) is 46.9 Å². The van der Waals surface area contributed by atoms with Gasteiger partial charge in [0.1, 0.15) is 0 Å². The van der Waals surface area contributed by atoms with Crippen molar-refractivity contribution in [1.82, 2.24) is 9.55 Å². The maximum Gasteiger partial charge on any atom is 0.416 e. The maximum absolute atomic E-state index is 13.4. The van der Waals surface area contributed by atoms with Crippen molar-refractivity contribution >= 4 is 17.0 Å². The Labute approximate surface area is 168 Å². The lowest BCUT2D eigenvalue weighted by atomic mass is 9.99. The van der Waals surface area contributed by atoms with Crippen LogP contribution in [0.3, 0.4) is 0 Å². The first-order chi connectivity index (χ1) is 14.0. The quantitative estimate of drug-likeness (QED) is 0.516. The highest BCUT2D eigenvalue weighted by atomic mass is 19.4. The van der Waals surface area contributed by atoms with Gasteiger partial charge < -0.3 is 9.72 Å². The summed E-state index contributed by atoms with van der Waals surface area (Å²) in [6.07, 6.45) is -4.58. The number of halogens is 3. The van der Waals surface area contributed by atoms with E-state index in [2.05, 4.69) is 9.72 Å². The summed E-state index contributed by atoms with van der Waals surface area (Å²) in [5, 5.41) is 0. The molecule has 0 aliphatic carbocycles. The van der Waals surface area contributed by atoms with Crippen LogP contribution in [-0.2, 0) is 17.3 Å². The molecule has 0 saturated heterocycles. The number of aromatic nitrogens is 2. The van der Waals surface area contributed by atoms with Crippen molar-refractivity contribution in [3.63, 3.8) is 0 Å². The number of alkyl halides is 3. The molecule has 6 nitrogen and oxygen atoms in total. The minimum atomic E-state index is -4.63. The van der Waals surface area contributed by atoms with Crippen molar-refractivity contribution in [3.05, 3.63) is 79.4 Å². The van der Waals surface area contributed by atoms with Crippen LogP contribution in [0.15, 0.2) is 46.0 Å². The van der Waals surface area contributed by atoms with Crippen LogP contribution in [0, 0.1) is 0 Å². The van der Waals surface area contributed by atoms with E-state index in [0.717, 1.165) is 12.1 Å². The van der Waals surface area contributed by atoms with Gasteiger partial charge in [0.15, 0.2) is 0 Å². The zero-order chi connectivity index (χ0) is 22.2. The fraction of sp³-hybridized carbons (Fsp3) is 0.286. The van der Waals surface area contributed by atoms with Gasteiger partial charge in [0.05, 0.1) is 29.3 Å². The molecule has 1 N–H and O–H groups in total. The summed E-state index contributed by atoms with van der Waals surface area (Å²) in [7, 11) is 1.25. The van der Waals surface area contributed by atoms with Crippen molar-refractivity contribution in [2.45, 2.75) is 32.5 Å². The minimum Gasteiger partial charge on any atom is -0.465 e. The molecule has 158 valence electrons. The first-order valence-electron chi connectivity index (χ1n) is 9.08. The number of benzene rings is 2. The lowest BCUT2D eigenvalue weighted by Crippen LogP contribution is -2.37. The van der Waals surface area contributed by atoms with Gasteiger partial charge in [-0.1, -0.05) is 12.1 Å². The van der Waals surface area contributed by atoms with E-state index in [1.807, 2.05) is 0 Å². The summed E-state index contributed by atoms with van der Waals surface area (Å²) < 4.78 is 46.2. The molecule has 1 aromatic heterocycles. The van der Waals surface area contributed by atoms with Crippen LogP contribution in [0.2, 0.25) is 0 Å². The number of H-pyrrole nitrogens is 1. The van der Waals surface area contributed by atoms with Gasteiger partial charge >= 0.3 is 23.3 Å². The van der Waals surface area contributed by atoms with Gasteiger partial charge in [0.2, 0.25) is 0 Å². The molecule has 0 atom stereocenters. The lowest BCUT2D eigenvalue weighted by molar-refractivity contribution is -0.137. The maximum atomic E-state index is 13.4. The summed E-state index contributed by atoms with van der Waals surface area (Å²) in [4.78, 5) is 38.3. The van der Waals surface area contributed by atoms with E-state index < -0.39 is 34.9 Å². The normalized spacial score (nSPS) is 11.8. The highest BCUT2D eigenvalue weighted by Gasteiger charge is 2.32.